The number of pyridine rings is 2. The zero-order valence-corrected chi connectivity index (χ0v) is 30.6. The lowest BCUT2D eigenvalue weighted by Crippen LogP contribution is -2.35. The van der Waals surface area contributed by atoms with E-state index in [1.165, 1.54) is 0 Å². The quantitative estimate of drug-likeness (QED) is 0.121. The number of nitrogens with one attached hydrogen (secondary N) is 5. The van der Waals surface area contributed by atoms with Gasteiger partial charge in [0.2, 0.25) is 23.6 Å². The Morgan fingerprint density at radius 3 is 2.31 bits per heavy atom. The Labute approximate surface area is 318 Å². The second-order valence-corrected chi connectivity index (χ2v) is 14.1. The maximum Gasteiger partial charge on any atom is 0.258 e. The van der Waals surface area contributed by atoms with Crippen molar-refractivity contribution in [3.05, 3.63) is 99.2 Å². The largest absolute Gasteiger partial charge is 0.481 e. The smallest absolute Gasteiger partial charge is 0.258 e. The molecule has 1 aliphatic carbocycles. The second-order valence-electron chi connectivity index (χ2n) is 13.7. The number of anilines is 1. The third-order valence-electron chi connectivity index (χ3n) is 10.0. The van der Waals surface area contributed by atoms with Crippen LogP contribution in [0, 0.1) is 11.3 Å². The first-order valence-corrected chi connectivity index (χ1v) is 18.5. The summed E-state index contributed by atoms with van der Waals surface area (Å²) in [5.74, 6) is 0.750. The zero-order valence-electron chi connectivity index (χ0n) is 29.8. The molecule has 54 heavy (non-hydrogen) atoms. The van der Waals surface area contributed by atoms with E-state index in [0.29, 0.717) is 74.1 Å². The topological polar surface area (TPSA) is 179 Å². The molecule has 0 spiro atoms. The van der Waals surface area contributed by atoms with Crippen molar-refractivity contribution in [2.24, 2.45) is 0 Å². The Hall–Kier alpha value is -5.55. The number of hydrogen-bond donors (Lipinski definition) is 5. The van der Waals surface area contributed by atoms with Crippen LogP contribution in [0.1, 0.15) is 76.4 Å². The number of carbonyl (C=O) groups excluding carboxylic acids is 3. The number of nitriles is 1. The SMILES string of the molecule is COc1nc(O[C@H]2CCc3c(-c4cccc(C(=O)Nc5ccc(CNCC6CCC(=O)N6)cn5)c4C#N)cccc32)c(Cl)cc1CNCC1CCC(=O)N1. The zero-order chi connectivity index (χ0) is 37.6. The highest BCUT2D eigenvalue weighted by atomic mass is 35.5. The number of carbonyl (C=O) groups is 3. The average Bonchev–Trinajstić information content (AvgIpc) is 3.92. The highest BCUT2D eigenvalue weighted by molar-refractivity contribution is 6.31. The molecule has 2 saturated heterocycles. The van der Waals surface area contributed by atoms with E-state index in [-0.39, 0.29) is 47.0 Å². The van der Waals surface area contributed by atoms with Crippen molar-refractivity contribution in [2.75, 3.05) is 25.5 Å². The van der Waals surface area contributed by atoms with E-state index in [1.54, 1.807) is 37.6 Å². The van der Waals surface area contributed by atoms with Crippen LogP contribution in [0.25, 0.3) is 11.1 Å². The molecule has 0 radical (unpaired) electrons. The lowest BCUT2D eigenvalue weighted by Gasteiger charge is -2.18. The molecule has 4 heterocycles. The van der Waals surface area contributed by atoms with Crippen LogP contribution in [-0.2, 0) is 29.1 Å². The predicted molar refractivity (Wildman–Crippen MR) is 202 cm³/mol. The predicted octanol–water partition coefficient (Wildman–Crippen LogP) is 4.73. The molecule has 3 aliphatic rings. The van der Waals surface area contributed by atoms with Crippen LogP contribution < -0.4 is 36.1 Å². The molecular formula is C40H41ClN8O5. The lowest BCUT2D eigenvalue weighted by molar-refractivity contribution is -0.120. The van der Waals surface area contributed by atoms with Gasteiger partial charge in [-0.05, 0) is 66.1 Å². The number of rotatable bonds is 14. The van der Waals surface area contributed by atoms with Crippen molar-refractivity contribution < 1.29 is 23.9 Å². The average molecular weight is 749 g/mol. The molecule has 2 unspecified atom stereocenters. The molecule has 0 saturated carbocycles. The molecule has 0 bridgehead atoms. The van der Waals surface area contributed by atoms with Gasteiger partial charge in [0.1, 0.15) is 23.0 Å². The molecule has 2 aromatic heterocycles. The molecule has 278 valence electrons. The summed E-state index contributed by atoms with van der Waals surface area (Å²) in [4.78, 5) is 45.5. The van der Waals surface area contributed by atoms with E-state index in [9.17, 15) is 19.6 Å². The summed E-state index contributed by atoms with van der Waals surface area (Å²) >= 11 is 6.69. The van der Waals surface area contributed by atoms with Crippen LogP contribution in [-0.4, -0.2) is 60.0 Å². The van der Waals surface area contributed by atoms with Crippen molar-refractivity contribution in [1.82, 2.24) is 31.2 Å². The van der Waals surface area contributed by atoms with Crippen LogP contribution in [0.15, 0.2) is 60.8 Å². The molecule has 2 fully saturated rings. The van der Waals surface area contributed by atoms with Gasteiger partial charge < -0.3 is 36.1 Å². The highest BCUT2D eigenvalue weighted by Crippen LogP contribution is 2.42. The molecule has 13 nitrogen and oxygen atoms in total. The monoisotopic (exact) mass is 748 g/mol. The number of methoxy groups -OCH3 is 1. The van der Waals surface area contributed by atoms with Crippen molar-refractivity contribution in [3.8, 4) is 29.0 Å². The van der Waals surface area contributed by atoms with Gasteiger partial charge in [0, 0.05) is 68.4 Å². The third kappa shape index (κ3) is 8.31. The summed E-state index contributed by atoms with van der Waals surface area (Å²) < 4.78 is 12.0. The van der Waals surface area contributed by atoms with Crippen LogP contribution in [0.5, 0.6) is 11.8 Å². The van der Waals surface area contributed by atoms with Gasteiger partial charge in [-0.1, -0.05) is 48.0 Å². The Bertz CT molecular complexity index is 2100. The van der Waals surface area contributed by atoms with E-state index in [2.05, 4.69) is 42.6 Å². The van der Waals surface area contributed by atoms with Crippen LogP contribution in [0.3, 0.4) is 0 Å². The molecule has 4 aromatic rings. The number of aromatic nitrogens is 2. The molecule has 3 atom stereocenters. The van der Waals surface area contributed by atoms with Gasteiger partial charge in [0.05, 0.1) is 18.2 Å². The lowest BCUT2D eigenvalue weighted by atomic mass is 9.91. The number of nitrogens with zero attached hydrogens (tertiary/aromatic N) is 3. The van der Waals surface area contributed by atoms with E-state index in [1.807, 2.05) is 30.3 Å². The first-order valence-electron chi connectivity index (χ1n) is 18.1. The Balaban J connectivity index is 1.02. The molecule has 7 rings (SSSR count). The summed E-state index contributed by atoms with van der Waals surface area (Å²) in [7, 11) is 1.55. The fraction of sp³-hybridized carbons (Fsp3) is 0.350. The maximum absolute atomic E-state index is 13.5. The number of amides is 3. The summed E-state index contributed by atoms with van der Waals surface area (Å²) in [5.41, 5.74) is 5.72. The number of ether oxygens (including phenoxy) is 2. The Morgan fingerprint density at radius 2 is 1.65 bits per heavy atom. The van der Waals surface area contributed by atoms with Crippen LogP contribution in [0.4, 0.5) is 5.82 Å². The fourth-order valence-corrected chi connectivity index (χ4v) is 7.53. The van der Waals surface area contributed by atoms with E-state index in [0.717, 1.165) is 40.7 Å². The molecular weight excluding hydrogens is 708 g/mol. The van der Waals surface area contributed by atoms with Crippen molar-refractivity contribution in [2.45, 2.75) is 69.8 Å². The van der Waals surface area contributed by atoms with Crippen molar-refractivity contribution in [1.29, 1.82) is 5.26 Å². The van der Waals surface area contributed by atoms with Crippen molar-refractivity contribution >= 4 is 35.1 Å². The second kappa shape index (κ2) is 16.6. The molecule has 2 aromatic carbocycles. The Morgan fingerprint density at radius 1 is 0.926 bits per heavy atom. The summed E-state index contributed by atoms with van der Waals surface area (Å²) in [5, 5.41) is 26.1. The number of benzene rings is 2. The Kier molecular flexibility index (Phi) is 11.3. The third-order valence-corrected chi connectivity index (χ3v) is 10.3. The molecule has 14 heteroatoms. The highest BCUT2D eigenvalue weighted by Gasteiger charge is 2.30. The standard InChI is InChI=1S/C40H41ClN8O5/c1-53-39-24(20-44-22-26-10-15-37(51)47-26)16-33(41)40(49-39)54-34-12-11-29-27(4-2-6-30(29)34)28-5-3-7-31(32(28)17-42)38(52)48-35-13-8-23(19-45-35)18-43-21-25-9-14-36(50)46-25/h2-8,13,16,19,25-26,34,43-44H,9-12,14-15,18,20-22H2,1H3,(H,46,50)(H,47,51)(H,45,48,52)/t25?,26?,34-/m0/s1. The molecule has 3 amide bonds. The van der Waals surface area contributed by atoms with Crippen molar-refractivity contribution in [3.63, 3.8) is 0 Å². The van der Waals surface area contributed by atoms with Gasteiger partial charge >= 0.3 is 0 Å². The summed E-state index contributed by atoms with van der Waals surface area (Å²) in [6.07, 6.45) is 5.44. The van der Waals surface area contributed by atoms with Gasteiger partial charge in [-0.3, -0.25) is 14.4 Å². The maximum atomic E-state index is 13.5. The van der Waals surface area contributed by atoms with Gasteiger partial charge in [-0.2, -0.15) is 10.2 Å². The first kappa shape index (κ1) is 36.8. The normalized spacial score (nSPS) is 18.8. The van der Waals surface area contributed by atoms with E-state index in [4.69, 9.17) is 21.1 Å². The minimum absolute atomic E-state index is 0.0721. The summed E-state index contributed by atoms with van der Waals surface area (Å²) in [6.45, 7) is 2.34. The van der Waals surface area contributed by atoms with Gasteiger partial charge in [-0.15, -0.1) is 0 Å². The fourth-order valence-electron chi connectivity index (χ4n) is 7.31. The minimum atomic E-state index is -0.434. The first-order chi connectivity index (χ1) is 26.3. The molecule has 5 N–H and O–H groups in total. The van der Waals surface area contributed by atoms with Gasteiger partial charge in [0.25, 0.3) is 5.91 Å². The van der Waals surface area contributed by atoms with E-state index >= 15 is 0 Å². The number of halogens is 1. The van der Waals surface area contributed by atoms with Crippen LogP contribution >= 0.6 is 11.6 Å². The summed E-state index contributed by atoms with van der Waals surface area (Å²) in [6, 6.07) is 19.1. The van der Waals surface area contributed by atoms with Crippen LogP contribution in [0.2, 0.25) is 5.02 Å². The number of hydrogen-bond acceptors (Lipinski definition) is 10. The van der Waals surface area contributed by atoms with E-state index < -0.39 is 5.91 Å². The minimum Gasteiger partial charge on any atom is -0.481 e. The van der Waals surface area contributed by atoms with Gasteiger partial charge in [-0.25, -0.2) is 4.98 Å². The number of fused-ring (bicyclic) bond motifs is 1. The van der Waals surface area contributed by atoms with Gasteiger partial charge in [0.15, 0.2) is 0 Å². The molecule has 2 aliphatic heterocycles.